The molecule has 8 aromatic rings. The molecule has 0 amide bonds. The van der Waals surface area contributed by atoms with Crippen LogP contribution < -0.4 is 4.90 Å². The Bertz CT molecular complexity index is 2560. The zero-order chi connectivity index (χ0) is 35.9. The molecule has 0 aromatic heterocycles. The first-order valence-electron chi connectivity index (χ1n) is 17.9. The van der Waals surface area contributed by atoms with Crippen molar-refractivity contribution in [2.45, 2.75) is 19.0 Å². The van der Waals surface area contributed by atoms with Gasteiger partial charge in [0, 0.05) is 17.1 Å². The number of rotatable bonds is 6. The highest BCUT2D eigenvalue weighted by atomic mass is 19.4. The number of fused-ring (bicyclic) bond motifs is 3. The van der Waals surface area contributed by atoms with Gasteiger partial charge in [-0.3, -0.25) is 0 Å². The number of hydrogen-bond donors (Lipinski definition) is 0. The number of allylic oxidation sites excluding steroid dienone is 1. The minimum Gasteiger partial charge on any atom is -0.311 e. The van der Waals surface area contributed by atoms with E-state index in [4.69, 9.17) is 0 Å². The summed E-state index contributed by atoms with van der Waals surface area (Å²) >= 11 is 0. The fourth-order valence-electron chi connectivity index (χ4n) is 7.87. The highest BCUT2D eigenvalue weighted by Gasteiger charge is 2.30. The third kappa shape index (κ3) is 5.96. The highest BCUT2D eigenvalue weighted by molar-refractivity contribution is 6.22. The van der Waals surface area contributed by atoms with E-state index in [0.29, 0.717) is 5.69 Å². The van der Waals surface area contributed by atoms with Gasteiger partial charge in [-0.2, -0.15) is 13.2 Å². The van der Waals surface area contributed by atoms with Gasteiger partial charge in [0.25, 0.3) is 0 Å². The van der Waals surface area contributed by atoms with Crippen molar-refractivity contribution in [3.63, 3.8) is 0 Å². The third-order valence-corrected chi connectivity index (χ3v) is 10.4. The monoisotopic (exact) mass is 693 g/mol. The normalized spacial score (nSPS) is 12.6. The molecule has 8 aromatic carbocycles. The molecule has 0 radical (unpaired) electrons. The molecule has 0 bridgehead atoms. The molecule has 0 unspecified atom stereocenters. The fourth-order valence-corrected chi connectivity index (χ4v) is 7.87. The Hall–Kier alpha value is -6.39. The summed E-state index contributed by atoms with van der Waals surface area (Å²) in [4.78, 5) is 1.97. The predicted octanol–water partition coefficient (Wildman–Crippen LogP) is 14.4. The fraction of sp³-hybridized carbons (Fsp3) is 0.0612. The van der Waals surface area contributed by atoms with Crippen molar-refractivity contribution in [1.82, 2.24) is 0 Å². The van der Waals surface area contributed by atoms with Crippen LogP contribution in [0.25, 0.3) is 61.0 Å². The summed E-state index contributed by atoms with van der Waals surface area (Å²) in [7, 11) is 0. The van der Waals surface area contributed by atoms with Crippen LogP contribution in [0.2, 0.25) is 0 Å². The number of anilines is 3. The Kier molecular flexibility index (Phi) is 8.16. The van der Waals surface area contributed by atoms with E-state index < -0.39 is 11.7 Å². The first kappa shape index (κ1) is 32.5. The number of nitrogens with zero attached hydrogens (tertiary/aromatic N) is 1. The maximum absolute atomic E-state index is 13.3. The molecule has 256 valence electrons. The van der Waals surface area contributed by atoms with Crippen LogP contribution >= 0.6 is 0 Å². The molecule has 0 saturated heterocycles. The molecule has 53 heavy (non-hydrogen) atoms. The number of alkyl halides is 3. The van der Waals surface area contributed by atoms with E-state index in [9.17, 15) is 13.2 Å². The first-order chi connectivity index (χ1) is 25.9. The van der Waals surface area contributed by atoms with Gasteiger partial charge in [0.1, 0.15) is 0 Å². The largest absolute Gasteiger partial charge is 0.416 e. The van der Waals surface area contributed by atoms with E-state index in [1.54, 1.807) is 0 Å². The summed E-state index contributed by atoms with van der Waals surface area (Å²) in [6, 6.07) is 56.2. The predicted molar refractivity (Wildman–Crippen MR) is 215 cm³/mol. The summed E-state index contributed by atoms with van der Waals surface area (Å²) in [5.74, 6) is 0. The molecule has 1 aliphatic rings. The van der Waals surface area contributed by atoms with Crippen LogP contribution in [-0.2, 0) is 12.6 Å². The topological polar surface area (TPSA) is 3.24 Å². The van der Waals surface area contributed by atoms with E-state index in [1.807, 2.05) is 47.4 Å². The summed E-state index contributed by atoms with van der Waals surface area (Å²) in [5.41, 5.74) is 11.5. The number of aryl methyl sites for hydroxylation is 1. The lowest BCUT2D eigenvalue weighted by molar-refractivity contribution is -0.137. The lowest BCUT2D eigenvalue weighted by Gasteiger charge is -2.26. The SMILES string of the molecule is FC(F)(F)c1ccc(N(c2ccccc2)c2ccc(-c3ccc(-c4c5ccccc5c(-c5cccc6c5C=CCC6)c5ccccc45)cc3)cc2)cc1. The van der Waals surface area contributed by atoms with Gasteiger partial charge in [0.2, 0.25) is 0 Å². The Morgan fingerprint density at radius 1 is 0.434 bits per heavy atom. The smallest absolute Gasteiger partial charge is 0.311 e. The maximum atomic E-state index is 13.3. The molecule has 0 spiro atoms. The summed E-state index contributed by atoms with van der Waals surface area (Å²) in [6.07, 6.45) is 2.33. The number of para-hydroxylation sites is 1. The Labute approximate surface area is 306 Å². The molecule has 4 heteroatoms. The lowest BCUT2D eigenvalue weighted by Crippen LogP contribution is -2.11. The second-order valence-electron chi connectivity index (χ2n) is 13.5. The first-order valence-corrected chi connectivity index (χ1v) is 17.9. The molecule has 0 N–H and O–H groups in total. The van der Waals surface area contributed by atoms with E-state index in [-0.39, 0.29) is 0 Å². The van der Waals surface area contributed by atoms with Crippen molar-refractivity contribution in [2.24, 2.45) is 0 Å². The molecule has 1 aliphatic carbocycles. The standard InChI is InChI=1S/C49H34F3N/c50-49(51,52)37-27-31-40(32-28-37)53(38-13-2-1-3-14-38)39-29-25-34(26-30-39)33-21-23-36(24-22-33)47-43-16-6-8-18-45(43)48(46-19-9-7-17-44(46)47)42-20-10-12-35-11-4-5-15-41(35)42/h1-3,5-10,12-32H,4,11H2. The molecule has 0 fully saturated rings. The lowest BCUT2D eigenvalue weighted by atomic mass is 9.82. The Morgan fingerprint density at radius 2 is 0.925 bits per heavy atom. The maximum Gasteiger partial charge on any atom is 0.416 e. The molecular formula is C49H34F3N. The van der Waals surface area contributed by atoms with Crippen LogP contribution in [0.15, 0.2) is 176 Å². The molecule has 0 aliphatic heterocycles. The number of halogens is 3. The van der Waals surface area contributed by atoms with Crippen LogP contribution in [0.3, 0.4) is 0 Å². The van der Waals surface area contributed by atoms with Gasteiger partial charge in [0.15, 0.2) is 0 Å². The third-order valence-electron chi connectivity index (χ3n) is 10.4. The van der Waals surface area contributed by atoms with Crippen molar-refractivity contribution < 1.29 is 13.2 Å². The van der Waals surface area contributed by atoms with Gasteiger partial charge >= 0.3 is 6.18 Å². The van der Waals surface area contributed by atoms with Gasteiger partial charge in [-0.25, -0.2) is 0 Å². The number of benzene rings is 8. The van der Waals surface area contributed by atoms with Gasteiger partial charge in [-0.1, -0.05) is 133 Å². The molecule has 0 atom stereocenters. The van der Waals surface area contributed by atoms with Gasteiger partial charge < -0.3 is 4.90 Å². The molecule has 1 nitrogen and oxygen atoms in total. The second-order valence-corrected chi connectivity index (χ2v) is 13.5. The zero-order valence-electron chi connectivity index (χ0n) is 28.8. The van der Waals surface area contributed by atoms with Crippen molar-refractivity contribution in [3.05, 3.63) is 193 Å². The molecule has 0 saturated carbocycles. The van der Waals surface area contributed by atoms with Crippen LogP contribution in [0.1, 0.15) is 23.1 Å². The Morgan fingerprint density at radius 3 is 1.51 bits per heavy atom. The highest BCUT2D eigenvalue weighted by Crippen LogP contribution is 2.46. The summed E-state index contributed by atoms with van der Waals surface area (Å²) in [6.45, 7) is 0. The van der Waals surface area contributed by atoms with Crippen molar-refractivity contribution in [3.8, 4) is 33.4 Å². The summed E-state index contributed by atoms with van der Waals surface area (Å²) in [5, 5.41) is 4.92. The minimum atomic E-state index is -4.39. The average Bonchev–Trinajstić information content (AvgIpc) is 3.20. The van der Waals surface area contributed by atoms with Gasteiger partial charge in [-0.05, 0) is 127 Å². The second kappa shape index (κ2) is 13.3. The summed E-state index contributed by atoms with van der Waals surface area (Å²) < 4.78 is 40.0. The minimum absolute atomic E-state index is 0.649. The van der Waals surface area contributed by atoms with Crippen molar-refractivity contribution >= 4 is 44.7 Å². The van der Waals surface area contributed by atoms with Crippen LogP contribution in [-0.4, -0.2) is 0 Å². The molecule has 0 heterocycles. The van der Waals surface area contributed by atoms with Crippen LogP contribution in [0.4, 0.5) is 30.2 Å². The van der Waals surface area contributed by atoms with Gasteiger partial charge in [-0.15, -0.1) is 0 Å². The van der Waals surface area contributed by atoms with Crippen LogP contribution in [0.5, 0.6) is 0 Å². The molecular weight excluding hydrogens is 660 g/mol. The van der Waals surface area contributed by atoms with E-state index in [1.165, 1.54) is 61.5 Å². The van der Waals surface area contributed by atoms with E-state index in [0.717, 1.165) is 53.0 Å². The van der Waals surface area contributed by atoms with Crippen molar-refractivity contribution in [1.29, 1.82) is 0 Å². The van der Waals surface area contributed by atoms with Crippen molar-refractivity contribution in [2.75, 3.05) is 4.90 Å². The van der Waals surface area contributed by atoms with Crippen LogP contribution in [0, 0.1) is 0 Å². The number of hydrogen-bond acceptors (Lipinski definition) is 1. The molecule has 9 rings (SSSR count). The zero-order valence-corrected chi connectivity index (χ0v) is 28.8. The van der Waals surface area contributed by atoms with Gasteiger partial charge in [0.05, 0.1) is 5.56 Å². The van der Waals surface area contributed by atoms with E-state index in [2.05, 4.69) is 115 Å². The quantitative estimate of drug-likeness (QED) is 0.157. The van der Waals surface area contributed by atoms with E-state index >= 15 is 0 Å². The average molecular weight is 694 g/mol. The Balaban J connectivity index is 1.10.